The fraction of sp³-hybridized carbons (Fsp3) is 0.435. The van der Waals surface area contributed by atoms with Gasteiger partial charge in [-0.3, -0.25) is 14.6 Å². The van der Waals surface area contributed by atoms with Crippen LogP contribution in [-0.4, -0.2) is 74.6 Å². The number of piperazine rings is 1. The third-order valence-corrected chi connectivity index (χ3v) is 5.60. The molecule has 1 aliphatic rings. The molecule has 1 aliphatic heterocycles. The van der Waals surface area contributed by atoms with E-state index >= 15 is 0 Å². The first-order valence-corrected chi connectivity index (χ1v) is 10.5. The van der Waals surface area contributed by atoms with Crippen LogP contribution < -0.4 is 9.47 Å². The normalized spacial score (nSPS) is 14.8. The Kier molecular flexibility index (Phi) is 7.96. The number of hydrogen-bond donors (Lipinski definition) is 0. The molecule has 1 amide bonds. The van der Waals surface area contributed by atoms with E-state index in [1.54, 1.807) is 14.2 Å². The van der Waals surface area contributed by atoms with Crippen molar-refractivity contribution in [3.05, 3.63) is 58.6 Å². The van der Waals surface area contributed by atoms with E-state index in [2.05, 4.69) is 17.0 Å². The summed E-state index contributed by atoms with van der Waals surface area (Å²) >= 11 is 5.96. The van der Waals surface area contributed by atoms with Gasteiger partial charge in [-0.15, -0.1) is 0 Å². The second kappa shape index (κ2) is 10.7. The number of rotatable bonds is 8. The van der Waals surface area contributed by atoms with Crippen molar-refractivity contribution in [1.82, 2.24) is 14.7 Å². The molecule has 0 aromatic heterocycles. The smallest absolute Gasteiger partial charge is 0.236 e. The molecule has 1 saturated heterocycles. The molecule has 2 aromatic carbocycles. The average Bonchev–Trinajstić information content (AvgIpc) is 2.75. The van der Waals surface area contributed by atoms with Gasteiger partial charge in [0.15, 0.2) is 11.5 Å². The highest BCUT2D eigenvalue weighted by molar-refractivity contribution is 6.30. The minimum Gasteiger partial charge on any atom is -0.493 e. The quantitative estimate of drug-likeness (QED) is 0.642. The third kappa shape index (κ3) is 6.11. The zero-order valence-corrected chi connectivity index (χ0v) is 18.7. The highest BCUT2D eigenvalue weighted by Crippen LogP contribution is 2.27. The second-order valence-corrected chi connectivity index (χ2v) is 8.08. The number of methoxy groups -OCH3 is 2. The van der Waals surface area contributed by atoms with Crippen LogP contribution in [0.1, 0.15) is 11.1 Å². The lowest BCUT2D eigenvalue weighted by Crippen LogP contribution is -2.50. The van der Waals surface area contributed by atoms with Crippen LogP contribution in [0.15, 0.2) is 42.5 Å². The van der Waals surface area contributed by atoms with Gasteiger partial charge in [0.25, 0.3) is 0 Å². The van der Waals surface area contributed by atoms with Gasteiger partial charge >= 0.3 is 0 Å². The van der Waals surface area contributed by atoms with Crippen molar-refractivity contribution in [1.29, 1.82) is 0 Å². The fourth-order valence-corrected chi connectivity index (χ4v) is 3.81. The summed E-state index contributed by atoms with van der Waals surface area (Å²) < 4.78 is 10.6. The van der Waals surface area contributed by atoms with Crippen LogP contribution >= 0.6 is 11.6 Å². The average molecular weight is 432 g/mol. The van der Waals surface area contributed by atoms with Crippen LogP contribution in [0.4, 0.5) is 0 Å². The summed E-state index contributed by atoms with van der Waals surface area (Å²) in [6, 6.07) is 13.8. The second-order valence-electron chi connectivity index (χ2n) is 7.65. The van der Waals surface area contributed by atoms with Crippen molar-refractivity contribution in [3.63, 3.8) is 0 Å². The van der Waals surface area contributed by atoms with E-state index < -0.39 is 0 Å². The Morgan fingerprint density at radius 2 is 1.60 bits per heavy atom. The van der Waals surface area contributed by atoms with Gasteiger partial charge < -0.3 is 14.4 Å². The van der Waals surface area contributed by atoms with E-state index in [0.29, 0.717) is 24.6 Å². The number of carbonyl (C=O) groups is 1. The van der Waals surface area contributed by atoms with Crippen LogP contribution in [0.2, 0.25) is 5.02 Å². The van der Waals surface area contributed by atoms with E-state index in [4.69, 9.17) is 21.1 Å². The minimum atomic E-state index is 0.170. The molecule has 162 valence electrons. The summed E-state index contributed by atoms with van der Waals surface area (Å²) in [6.07, 6.45) is 0. The Morgan fingerprint density at radius 3 is 2.23 bits per heavy atom. The first-order chi connectivity index (χ1) is 14.5. The molecule has 3 rings (SSSR count). The molecule has 6 nitrogen and oxygen atoms in total. The molecule has 0 aliphatic carbocycles. The molecular formula is C23H30ClN3O3. The summed E-state index contributed by atoms with van der Waals surface area (Å²) in [5.74, 6) is 1.58. The zero-order valence-electron chi connectivity index (χ0n) is 17.9. The molecule has 0 N–H and O–H groups in total. The number of carbonyl (C=O) groups excluding carboxylic acids is 1. The van der Waals surface area contributed by atoms with Crippen molar-refractivity contribution in [2.75, 3.05) is 54.0 Å². The van der Waals surface area contributed by atoms with Gasteiger partial charge in [-0.1, -0.05) is 29.8 Å². The number of hydrogen-bond acceptors (Lipinski definition) is 5. The van der Waals surface area contributed by atoms with Crippen LogP contribution in [0.5, 0.6) is 11.5 Å². The van der Waals surface area contributed by atoms with Gasteiger partial charge in [-0.05, 0) is 42.4 Å². The van der Waals surface area contributed by atoms with Gasteiger partial charge in [0.05, 0.1) is 20.8 Å². The van der Waals surface area contributed by atoms with Crippen LogP contribution in [0.25, 0.3) is 0 Å². The zero-order chi connectivity index (χ0) is 21.5. The van der Waals surface area contributed by atoms with Gasteiger partial charge in [0.1, 0.15) is 0 Å². The molecule has 7 heteroatoms. The van der Waals surface area contributed by atoms with Crippen molar-refractivity contribution >= 4 is 17.5 Å². The molecule has 0 bridgehead atoms. The summed E-state index contributed by atoms with van der Waals surface area (Å²) in [6.45, 7) is 5.24. The number of likely N-dealkylation sites (N-methyl/N-ethyl adjacent to an activating group) is 1. The molecule has 1 fully saturated rings. The first-order valence-electron chi connectivity index (χ1n) is 10.1. The largest absolute Gasteiger partial charge is 0.493 e. The van der Waals surface area contributed by atoms with E-state index in [0.717, 1.165) is 43.3 Å². The van der Waals surface area contributed by atoms with Gasteiger partial charge in [-0.25, -0.2) is 0 Å². The maximum atomic E-state index is 12.7. The third-order valence-electron chi connectivity index (χ3n) is 5.35. The number of halogens is 1. The molecule has 0 spiro atoms. The topological polar surface area (TPSA) is 45.2 Å². The Balaban J connectivity index is 1.45. The summed E-state index contributed by atoms with van der Waals surface area (Å²) in [5, 5.41) is 0.756. The number of nitrogens with zero attached hydrogens (tertiary/aromatic N) is 3. The van der Waals surface area contributed by atoms with E-state index in [-0.39, 0.29) is 5.91 Å². The standard InChI is InChI=1S/C23H30ClN3O3/c1-25(15-19-6-9-21(29-2)22(14-19)30-3)17-23(28)27-12-10-26(11-13-27)16-18-4-7-20(24)8-5-18/h4-9,14H,10-13,15-17H2,1-3H3. The Hall–Kier alpha value is -2.28. The Labute approximate surface area is 183 Å². The SMILES string of the molecule is COc1ccc(CN(C)CC(=O)N2CCN(Cc3ccc(Cl)cc3)CC2)cc1OC. The van der Waals surface area contributed by atoms with Crippen molar-refractivity contribution in [2.45, 2.75) is 13.1 Å². The van der Waals surface area contributed by atoms with Gasteiger partial charge in [0.2, 0.25) is 5.91 Å². The predicted octanol–water partition coefficient (Wildman–Crippen LogP) is 3.13. The van der Waals surface area contributed by atoms with Gasteiger partial charge in [-0.2, -0.15) is 0 Å². The van der Waals surface area contributed by atoms with Crippen LogP contribution in [-0.2, 0) is 17.9 Å². The molecule has 0 unspecified atom stereocenters. The Morgan fingerprint density at radius 1 is 0.967 bits per heavy atom. The lowest BCUT2D eigenvalue weighted by Gasteiger charge is -2.35. The predicted molar refractivity (Wildman–Crippen MR) is 119 cm³/mol. The summed E-state index contributed by atoms with van der Waals surface area (Å²) in [7, 11) is 5.21. The molecule has 1 heterocycles. The highest BCUT2D eigenvalue weighted by Gasteiger charge is 2.22. The van der Waals surface area contributed by atoms with Crippen LogP contribution in [0.3, 0.4) is 0 Å². The van der Waals surface area contributed by atoms with Crippen LogP contribution in [0, 0.1) is 0 Å². The number of amides is 1. The molecule has 0 saturated carbocycles. The van der Waals surface area contributed by atoms with E-state index in [1.165, 1.54) is 5.56 Å². The molecule has 0 radical (unpaired) electrons. The monoisotopic (exact) mass is 431 g/mol. The maximum absolute atomic E-state index is 12.7. The van der Waals surface area contributed by atoms with Gasteiger partial charge in [0, 0.05) is 44.3 Å². The summed E-state index contributed by atoms with van der Waals surface area (Å²) in [4.78, 5) is 19.1. The number of ether oxygens (including phenoxy) is 2. The van der Waals surface area contributed by atoms with E-state index in [1.807, 2.05) is 47.2 Å². The molecule has 0 atom stereocenters. The molecule has 2 aromatic rings. The first kappa shape index (κ1) is 22.4. The summed E-state index contributed by atoms with van der Waals surface area (Å²) in [5.41, 5.74) is 2.32. The van der Waals surface area contributed by atoms with Crippen molar-refractivity contribution in [3.8, 4) is 11.5 Å². The molecule has 30 heavy (non-hydrogen) atoms. The Bertz CT molecular complexity index is 836. The number of benzene rings is 2. The molecular weight excluding hydrogens is 402 g/mol. The lowest BCUT2D eigenvalue weighted by atomic mass is 10.2. The van der Waals surface area contributed by atoms with Crippen molar-refractivity contribution < 1.29 is 14.3 Å². The minimum absolute atomic E-state index is 0.170. The highest BCUT2D eigenvalue weighted by atomic mass is 35.5. The van der Waals surface area contributed by atoms with Crippen molar-refractivity contribution in [2.24, 2.45) is 0 Å². The fourth-order valence-electron chi connectivity index (χ4n) is 3.68. The van der Waals surface area contributed by atoms with E-state index in [9.17, 15) is 4.79 Å². The lowest BCUT2D eigenvalue weighted by molar-refractivity contribution is -0.134. The maximum Gasteiger partial charge on any atom is 0.236 e.